The maximum Gasteiger partial charge on any atom is 0.271 e. The summed E-state index contributed by atoms with van der Waals surface area (Å²) >= 11 is 0. The Morgan fingerprint density at radius 1 is 1.20 bits per heavy atom. The normalized spacial score (nSPS) is 19.7. The van der Waals surface area contributed by atoms with Crippen molar-refractivity contribution < 1.29 is 19.8 Å². The minimum absolute atomic E-state index is 0.0412. The third-order valence-electron chi connectivity index (χ3n) is 6.33. The number of aromatic nitrogens is 1. The van der Waals surface area contributed by atoms with E-state index in [0.29, 0.717) is 18.2 Å². The molecule has 1 aliphatic carbocycles. The lowest BCUT2D eigenvalue weighted by Gasteiger charge is -2.29. The van der Waals surface area contributed by atoms with Crippen molar-refractivity contribution in [3.63, 3.8) is 0 Å². The zero-order valence-corrected chi connectivity index (χ0v) is 20.5. The Labute approximate surface area is 205 Å². The van der Waals surface area contributed by atoms with Crippen LogP contribution in [0.1, 0.15) is 59.9 Å². The molecule has 1 saturated carbocycles. The number of hydrogen-bond acceptors (Lipinski definition) is 7. The summed E-state index contributed by atoms with van der Waals surface area (Å²) in [6.07, 6.45) is 4.10. The topological polar surface area (TPSA) is 125 Å². The van der Waals surface area contributed by atoms with Crippen molar-refractivity contribution in [1.82, 2.24) is 26.3 Å². The highest BCUT2D eigenvalue weighted by atomic mass is 16.5. The van der Waals surface area contributed by atoms with Crippen molar-refractivity contribution in [2.45, 2.75) is 52.1 Å². The molecule has 4 rings (SSSR count). The summed E-state index contributed by atoms with van der Waals surface area (Å²) < 4.78 is 5.24. The summed E-state index contributed by atoms with van der Waals surface area (Å²) in [6.45, 7) is 4.62. The SMILES string of the molecule is COc1cccc(CNC(=O)c2cc(C3=NN(CC4CCC(NC(C)=O)CC4)N[NH2+]3)cc(C)n2)c1. The number of ether oxygens (including phenoxy) is 1. The Bertz CT molecular complexity index is 1100. The second-order valence-electron chi connectivity index (χ2n) is 9.18. The molecule has 2 heterocycles. The number of benzene rings is 1. The first-order valence-electron chi connectivity index (χ1n) is 12.0. The van der Waals surface area contributed by atoms with E-state index in [1.165, 1.54) is 0 Å². The molecule has 0 unspecified atom stereocenters. The van der Waals surface area contributed by atoms with E-state index in [0.717, 1.165) is 60.6 Å². The number of nitrogens with one attached hydrogen (secondary N) is 3. The van der Waals surface area contributed by atoms with E-state index in [1.807, 2.05) is 47.8 Å². The smallest absolute Gasteiger partial charge is 0.271 e. The minimum atomic E-state index is -0.239. The van der Waals surface area contributed by atoms with E-state index in [1.54, 1.807) is 20.1 Å². The first-order chi connectivity index (χ1) is 16.9. The molecule has 186 valence electrons. The van der Waals surface area contributed by atoms with Gasteiger partial charge in [0, 0.05) is 25.2 Å². The molecule has 1 aromatic heterocycles. The number of carbonyl (C=O) groups is 2. The van der Waals surface area contributed by atoms with Crippen LogP contribution in [0.5, 0.6) is 5.75 Å². The van der Waals surface area contributed by atoms with E-state index in [9.17, 15) is 9.59 Å². The number of rotatable bonds is 8. The molecule has 10 heteroatoms. The average Bonchev–Trinajstić information content (AvgIpc) is 3.32. The molecular formula is C25H34N7O3+. The minimum Gasteiger partial charge on any atom is -0.497 e. The summed E-state index contributed by atoms with van der Waals surface area (Å²) in [5.41, 5.74) is 7.98. The number of hydrazone groups is 1. The maximum atomic E-state index is 12.8. The van der Waals surface area contributed by atoms with Crippen molar-refractivity contribution >= 4 is 17.6 Å². The van der Waals surface area contributed by atoms with Crippen LogP contribution in [0.4, 0.5) is 0 Å². The van der Waals surface area contributed by atoms with E-state index in [2.05, 4.69) is 21.2 Å². The molecular weight excluding hydrogens is 446 g/mol. The zero-order chi connectivity index (χ0) is 24.8. The Morgan fingerprint density at radius 2 is 2.00 bits per heavy atom. The van der Waals surface area contributed by atoms with Crippen LogP contribution in [-0.4, -0.2) is 47.4 Å². The van der Waals surface area contributed by atoms with Crippen LogP contribution in [0.25, 0.3) is 0 Å². The van der Waals surface area contributed by atoms with E-state index >= 15 is 0 Å². The third-order valence-corrected chi connectivity index (χ3v) is 6.33. The molecule has 10 nitrogen and oxygen atoms in total. The number of amides is 2. The third kappa shape index (κ3) is 6.77. The molecule has 1 aromatic carbocycles. The fourth-order valence-corrected chi connectivity index (χ4v) is 4.57. The number of hydrazine groups is 1. The standard InChI is InChI=1S/C25H33N7O3/c1-16-11-20(13-23(27-16)25(34)26-14-19-5-4-6-22(12-19)35-3)24-29-31-32(30-24)15-18-7-9-21(10-8-18)28-17(2)33/h4-6,11-13,18,21,31H,7-10,14-15H2,1-3H3,(H,26,34)(H,28,33)(H,29,30)/p+1. The largest absolute Gasteiger partial charge is 0.497 e. The first-order valence-corrected chi connectivity index (χ1v) is 12.0. The molecule has 0 bridgehead atoms. The highest BCUT2D eigenvalue weighted by molar-refractivity contribution is 5.97. The predicted octanol–water partition coefficient (Wildman–Crippen LogP) is 0.984. The van der Waals surface area contributed by atoms with Crippen molar-refractivity contribution in [3.8, 4) is 5.75 Å². The van der Waals surface area contributed by atoms with Gasteiger partial charge in [-0.2, -0.15) is 10.5 Å². The molecule has 5 N–H and O–H groups in total. The summed E-state index contributed by atoms with van der Waals surface area (Å²) in [5.74, 6) is 1.84. The Kier molecular flexibility index (Phi) is 7.94. The van der Waals surface area contributed by atoms with Crippen LogP contribution >= 0.6 is 0 Å². The Morgan fingerprint density at radius 3 is 2.74 bits per heavy atom. The Hall–Kier alpha value is -3.50. The molecule has 0 radical (unpaired) electrons. The van der Waals surface area contributed by atoms with Crippen LogP contribution in [0.2, 0.25) is 0 Å². The molecule has 0 spiro atoms. The highest BCUT2D eigenvalue weighted by Crippen LogP contribution is 2.25. The van der Waals surface area contributed by atoms with Gasteiger partial charge in [-0.3, -0.25) is 9.59 Å². The van der Waals surface area contributed by atoms with Crippen LogP contribution in [0, 0.1) is 12.8 Å². The summed E-state index contributed by atoms with van der Waals surface area (Å²) in [7, 11) is 1.62. The fourth-order valence-electron chi connectivity index (χ4n) is 4.57. The maximum absolute atomic E-state index is 12.8. The van der Waals surface area contributed by atoms with Gasteiger partial charge >= 0.3 is 0 Å². The second-order valence-corrected chi connectivity index (χ2v) is 9.18. The Balaban J connectivity index is 1.35. The lowest BCUT2D eigenvalue weighted by molar-refractivity contribution is -0.619. The lowest BCUT2D eigenvalue weighted by atomic mass is 9.86. The second kappa shape index (κ2) is 11.3. The summed E-state index contributed by atoms with van der Waals surface area (Å²) in [5, 5.41) is 12.5. The zero-order valence-electron chi connectivity index (χ0n) is 20.5. The number of nitrogens with zero attached hydrogens (tertiary/aromatic N) is 3. The predicted molar refractivity (Wildman–Crippen MR) is 131 cm³/mol. The van der Waals surface area contributed by atoms with Gasteiger partial charge in [-0.1, -0.05) is 22.8 Å². The molecule has 0 saturated heterocycles. The molecule has 35 heavy (non-hydrogen) atoms. The summed E-state index contributed by atoms with van der Waals surface area (Å²) in [6, 6.07) is 11.6. The summed E-state index contributed by atoms with van der Waals surface area (Å²) in [4.78, 5) is 28.5. The van der Waals surface area contributed by atoms with Gasteiger partial charge in [0.2, 0.25) is 5.91 Å². The van der Waals surface area contributed by atoms with Gasteiger partial charge in [-0.15, -0.1) is 0 Å². The van der Waals surface area contributed by atoms with E-state index < -0.39 is 0 Å². The van der Waals surface area contributed by atoms with Gasteiger partial charge in [0.15, 0.2) is 0 Å². The molecule has 1 fully saturated rings. The van der Waals surface area contributed by atoms with Gasteiger partial charge in [0.25, 0.3) is 11.7 Å². The van der Waals surface area contributed by atoms with E-state index in [-0.39, 0.29) is 17.9 Å². The van der Waals surface area contributed by atoms with Crippen molar-refractivity contribution in [2.75, 3.05) is 13.7 Å². The molecule has 2 aliphatic rings. The highest BCUT2D eigenvalue weighted by Gasteiger charge is 2.27. The number of quaternary nitrogens is 1. The van der Waals surface area contributed by atoms with Crippen molar-refractivity contribution in [3.05, 3.63) is 58.9 Å². The first kappa shape index (κ1) is 24.6. The van der Waals surface area contributed by atoms with Gasteiger partial charge in [-0.05, 0) is 68.4 Å². The number of amidine groups is 1. The van der Waals surface area contributed by atoms with Crippen LogP contribution in [-0.2, 0) is 11.3 Å². The lowest BCUT2D eigenvalue weighted by Crippen LogP contribution is -2.95. The van der Waals surface area contributed by atoms with Gasteiger partial charge in [-0.25, -0.2) is 4.98 Å². The van der Waals surface area contributed by atoms with Gasteiger partial charge < -0.3 is 15.4 Å². The van der Waals surface area contributed by atoms with Crippen LogP contribution in [0.15, 0.2) is 41.5 Å². The quantitative estimate of drug-likeness (QED) is 0.418. The number of hydrogen-bond donors (Lipinski definition) is 4. The molecule has 2 aromatic rings. The number of nitrogens with two attached hydrogens (primary N) is 1. The molecule has 2 amide bonds. The molecule has 0 atom stereocenters. The van der Waals surface area contributed by atoms with Crippen molar-refractivity contribution in [2.24, 2.45) is 11.0 Å². The number of pyridine rings is 1. The van der Waals surface area contributed by atoms with Crippen molar-refractivity contribution in [1.29, 1.82) is 0 Å². The monoisotopic (exact) mass is 480 g/mol. The average molecular weight is 481 g/mol. The van der Waals surface area contributed by atoms with Gasteiger partial charge in [0.1, 0.15) is 11.4 Å². The van der Waals surface area contributed by atoms with Gasteiger partial charge in [0.05, 0.1) is 19.2 Å². The fraction of sp³-hybridized carbons (Fsp3) is 0.440. The van der Waals surface area contributed by atoms with E-state index in [4.69, 9.17) is 9.84 Å². The van der Waals surface area contributed by atoms with Crippen LogP contribution in [0.3, 0.4) is 0 Å². The number of aryl methyl sites for hydroxylation is 1. The number of carbonyl (C=O) groups excluding carboxylic acids is 2. The number of methoxy groups -OCH3 is 1. The molecule has 1 aliphatic heterocycles. The van der Waals surface area contributed by atoms with Crippen LogP contribution < -0.4 is 26.3 Å².